The fourth-order valence-corrected chi connectivity index (χ4v) is 2.12. The quantitative estimate of drug-likeness (QED) is 0.741. The normalized spacial score (nSPS) is 18.5. The van der Waals surface area contributed by atoms with E-state index in [1.807, 2.05) is 20.8 Å². The summed E-state index contributed by atoms with van der Waals surface area (Å²) in [5, 5.41) is 0. The average molecular weight is 280 g/mol. The third-order valence-electron chi connectivity index (χ3n) is 2.94. The Labute approximate surface area is 125 Å². The summed E-state index contributed by atoms with van der Waals surface area (Å²) in [6.07, 6.45) is 3.11. The third-order valence-corrected chi connectivity index (χ3v) is 3.17. The van der Waals surface area contributed by atoms with Crippen molar-refractivity contribution < 1.29 is 9.53 Å². The number of hydrogen-bond donors (Lipinski definition) is 0. The van der Waals surface area contributed by atoms with Crippen LogP contribution >= 0.6 is 0 Å². The average Bonchev–Trinajstić information content (AvgIpc) is 2.27. The van der Waals surface area contributed by atoms with Crippen LogP contribution in [0.4, 0.5) is 4.79 Å². The lowest BCUT2D eigenvalue weighted by Crippen LogP contribution is -2.50. The fourth-order valence-electron chi connectivity index (χ4n) is 1.96. The van der Waals surface area contributed by atoms with Crippen LogP contribution in [0, 0.1) is 0 Å². The molecule has 0 N–H and O–H groups in total. The van der Waals surface area contributed by atoms with Crippen molar-refractivity contribution >= 4 is 22.4 Å². The van der Waals surface area contributed by atoms with E-state index in [1.165, 1.54) is 4.44 Å². The molecule has 1 aliphatic rings. The van der Waals surface area contributed by atoms with Crippen molar-refractivity contribution in [2.24, 2.45) is 0 Å². The van der Waals surface area contributed by atoms with Crippen LogP contribution in [-0.2, 0) is 4.74 Å². The van der Waals surface area contributed by atoms with Crippen LogP contribution in [0.15, 0.2) is 10.5 Å². The molecule has 1 heterocycles. The van der Waals surface area contributed by atoms with Gasteiger partial charge in [-0.05, 0) is 27.2 Å². The highest BCUT2D eigenvalue weighted by Gasteiger charge is 2.25. The van der Waals surface area contributed by atoms with Gasteiger partial charge in [0.15, 0.2) is 16.3 Å². The van der Waals surface area contributed by atoms with Crippen molar-refractivity contribution in [3.63, 3.8) is 0 Å². The number of nitrogens with zero attached hydrogens (tertiary/aromatic N) is 2. The van der Waals surface area contributed by atoms with Gasteiger partial charge < -0.3 is 9.64 Å². The summed E-state index contributed by atoms with van der Waals surface area (Å²) in [6, 6.07) is 0. The van der Waals surface area contributed by atoms with Gasteiger partial charge in [-0.15, -0.1) is 6.08 Å². The molecule has 0 spiro atoms. The van der Waals surface area contributed by atoms with E-state index < -0.39 is 5.60 Å². The van der Waals surface area contributed by atoms with Crippen molar-refractivity contribution in [1.82, 2.24) is 9.80 Å². The second-order valence-electron chi connectivity index (χ2n) is 6.05. The van der Waals surface area contributed by atoms with E-state index >= 15 is 0 Å². The Morgan fingerprint density at radius 3 is 2.32 bits per heavy atom. The zero-order chi connectivity index (χ0) is 14.5. The first-order chi connectivity index (χ1) is 8.78. The maximum atomic E-state index is 11.9. The predicted octanol–water partition coefficient (Wildman–Crippen LogP) is 2.00. The number of ether oxygens (including phenoxy) is 1. The van der Waals surface area contributed by atoms with Gasteiger partial charge in [0, 0.05) is 32.7 Å². The van der Waals surface area contributed by atoms with Gasteiger partial charge in [-0.1, -0.05) is 6.92 Å². The number of rotatable bonds is 3. The lowest BCUT2D eigenvalue weighted by Gasteiger charge is -2.35. The molecule has 0 aliphatic carbocycles. The topological polar surface area (TPSA) is 32.8 Å². The standard InChI is InChI=1S/C14H25N2O2.Al/c1-5-6-7-8-15-9-11-16(12-10-15)13(17)18-14(2,3)4;/h6H,7-12H2,1-4H3;. The van der Waals surface area contributed by atoms with Gasteiger partial charge in [0.2, 0.25) is 0 Å². The molecule has 1 amide bonds. The van der Waals surface area contributed by atoms with Gasteiger partial charge in [0.25, 0.3) is 0 Å². The molecule has 1 aliphatic heterocycles. The second-order valence-corrected chi connectivity index (χ2v) is 6.96. The molecule has 0 aromatic rings. The van der Waals surface area contributed by atoms with E-state index in [4.69, 9.17) is 4.74 Å². The number of piperazine rings is 1. The molecule has 0 aromatic carbocycles. The number of carbonyl (C=O) groups is 1. The second kappa shape index (κ2) is 7.33. The molecule has 1 rings (SSSR count). The Morgan fingerprint density at radius 1 is 1.26 bits per heavy atom. The summed E-state index contributed by atoms with van der Waals surface area (Å²) < 4.78 is 6.67. The Balaban J connectivity index is 2.29. The highest BCUT2D eigenvalue weighted by Crippen LogP contribution is 2.12. The SMILES string of the molecule is C/[C]([Al])=C\CCN1CCN(C(=O)OC(C)(C)C)CC1. The molecule has 0 saturated carbocycles. The summed E-state index contributed by atoms with van der Waals surface area (Å²) >= 11 is 2.70. The van der Waals surface area contributed by atoms with E-state index in [0.717, 1.165) is 39.1 Å². The monoisotopic (exact) mass is 280 g/mol. The zero-order valence-corrected chi connectivity index (χ0v) is 13.8. The zero-order valence-electron chi connectivity index (χ0n) is 12.6. The third kappa shape index (κ3) is 7.01. The molecule has 1 saturated heterocycles. The summed E-state index contributed by atoms with van der Waals surface area (Å²) in [5.74, 6) is 0. The predicted molar refractivity (Wildman–Crippen MR) is 78.4 cm³/mol. The molecule has 5 heteroatoms. The maximum absolute atomic E-state index is 11.9. The van der Waals surface area contributed by atoms with Crippen molar-refractivity contribution in [2.75, 3.05) is 32.7 Å². The minimum Gasteiger partial charge on any atom is -0.444 e. The summed E-state index contributed by atoms with van der Waals surface area (Å²) in [6.45, 7) is 12.2. The molecule has 19 heavy (non-hydrogen) atoms. The Kier molecular flexibility index (Phi) is 6.39. The van der Waals surface area contributed by atoms with E-state index in [1.54, 1.807) is 4.90 Å². The first-order valence-electron chi connectivity index (χ1n) is 6.90. The molecule has 0 atom stereocenters. The van der Waals surface area contributed by atoms with Gasteiger partial charge in [-0.25, -0.2) is 4.79 Å². The molecule has 0 unspecified atom stereocenters. The highest BCUT2D eigenvalue weighted by molar-refractivity contribution is 6.21. The van der Waals surface area contributed by atoms with Crippen molar-refractivity contribution in [1.29, 1.82) is 0 Å². The van der Waals surface area contributed by atoms with Crippen LogP contribution in [0.25, 0.3) is 0 Å². The minimum absolute atomic E-state index is 0.187. The van der Waals surface area contributed by atoms with Crippen LogP contribution < -0.4 is 0 Å². The Morgan fingerprint density at radius 2 is 1.84 bits per heavy atom. The molecule has 4 nitrogen and oxygen atoms in total. The first kappa shape index (κ1) is 16.6. The lowest BCUT2D eigenvalue weighted by atomic mass is 10.2. The van der Waals surface area contributed by atoms with Gasteiger partial charge in [0.05, 0.1) is 0 Å². The van der Waals surface area contributed by atoms with Gasteiger partial charge >= 0.3 is 6.09 Å². The number of amides is 1. The molecule has 0 aromatic heterocycles. The van der Waals surface area contributed by atoms with Crippen LogP contribution in [0.1, 0.15) is 34.1 Å². The van der Waals surface area contributed by atoms with Gasteiger partial charge in [-0.3, -0.25) is 4.90 Å². The van der Waals surface area contributed by atoms with Gasteiger partial charge in [-0.2, -0.15) is 4.44 Å². The lowest BCUT2D eigenvalue weighted by molar-refractivity contribution is 0.0146. The molecule has 0 bridgehead atoms. The van der Waals surface area contributed by atoms with E-state index in [-0.39, 0.29) is 6.09 Å². The minimum atomic E-state index is -0.407. The van der Waals surface area contributed by atoms with Crippen molar-refractivity contribution in [3.05, 3.63) is 10.5 Å². The molecular formula is C14H25AlN2O2. The number of hydrogen-bond acceptors (Lipinski definition) is 3. The summed E-state index contributed by atoms with van der Waals surface area (Å²) in [4.78, 5) is 16.1. The molecule has 1 fully saturated rings. The maximum Gasteiger partial charge on any atom is 0.410 e. The van der Waals surface area contributed by atoms with Crippen LogP contribution in [0.2, 0.25) is 0 Å². The fraction of sp³-hybridized carbons (Fsp3) is 0.786. The van der Waals surface area contributed by atoms with Crippen LogP contribution in [-0.4, -0.2) is 70.5 Å². The smallest absolute Gasteiger partial charge is 0.410 e. The van der Waals surface area contributed by atoms with E-state index in [0.29, 0.717) is 0 Å². The molecular weight excluding hydrogens is 255 g/mol. The van der Waals surface area contributed by atoms with E-state index in [9.17, 15) is 4.79 Å². The summed E-state index contributed by atoms with van der Waals surface area (Å²) in [7, 11) is 0. The number of carbonyl (C=O) groups excluding carboxylic acids is 1. The first-order valence-corrected chi connectivity index (χ1v) is 7.48. The molecule has 106 valence electrons. The van der Waals surface area contributed by atoms with Gasteiger partial charge in [0.1, 0.15) is 5.60 Å². The summed E-state index contributed by atoms with van der Waals surface area (Å²) in [5.41, 5.74) is -0.407. The van der Waals surface area contributed by atoms with Crippen molar-refractivity contribution in [3.8, 4) is 0 Å². The molecule has 2 radical (unpaired) electrons. The highest BCUT2D eigenvalue weighted by atomic mass is 27.0. The Hall–Kier alpha value is -0.498. The van der Waals surface area contributed by atoms with Crippen molar-refractivity contribution in [2.45, 2.75) is 39.7 Å². The van der Waals surface area contributed by atoms with E-state index in [2.05, 4.69) is 34.2 Å². The van der Waals surface area contributed by atoms with Crippen LogP contribution in [0.3, 0.4) is 0 Å². The largest absolute Gasteiger partial charge is 0.444 e. The van der Waals surface area contributed by atoms with Crippen LogP contribution in [0.5, 0.6) is 0 Å². The Bertz CT molecular complexity index is 325. The number of allylic oxidation sites excluding steroid dienone is 1.